The molecule has 0 radical (unpaired) electrons. The fourth-order valence-corrected chi connectivity index (χ4v) is 0.948. The van der Waals surface area contributed by atoms with Crippen LogP contribution in [-0.4, -0.2) is 23.5 Å². The minimum Gasteiger partial charge on any atom is -0.394 e. The smallest absolute Gasteiger partial charge is 0.0733 e. The third kappa shape index (κ3) is 1.07. The zero-order valence-corrected chi connectivity index (χ0v) is 5.09. The molecule has 0 unspecified atom stereocenters. The monoisotopic (exact) mass is 113 g/mol. The topological polar surface area (TPSA) is 32.6 Å². The summed E-state index contributed by atoms with van der Waals surface area (Å²) in [6, 6.07) is 0.218. The Morgan fingerprint density at radius 3 is 2.88 bits per heavy atom. The number of aliphatic hydroxyl groups is 1. The molecule has 1 rings (SSSR count). The predicted octanol–water partition coefficient (Wildman–Crippen LogP) is 0.602. The van der Waals surface area contributed by atoms with E-state index in [1.807, 2.05) is 6.92 Å². The number of rotatable bonds is 1. The van der Waals surface area contributed by atoms with E-state index in [2.05, 4.69) is 4.99 Å². The normalized spacial score (nSPS) is 28.2. The molecule has 0 saturated heterocycles. The van der Waals surface area contributed by atoms with Gasteiger partial charge in [-0.05, 0) is 19.8 Å². The average Bonchev–Trinajstić information content (AvgIpc) is 2.14. The Kier molecular flexibility index (Phi) is 1.63. The second-order valence-corrected chi connectivity index (χ2v) is 2.24. The molecule has 0 saturated carbocycles. The number of hydrogen-bond donors (Lipinski definition) is 1. The van der Waals surface area contributed by atoms with Crippen molar-refractivity contribution >= 4 is 5.71 Å². The van der Waals surface area contributed by atoms with Gasteiger partial charge in [0.2, 0.25) is 0 Å². The molecule has 0 bridgehead atoms. The lowest BCUT2D eigenvalue weighted by atomic mass is 10.2. The van der Waals surface area contributed by atoms with Crippen molar-refractivity contribution in [2.24, 2.45) is 4.99 Å². The third-order valence-electron chi connectivity index (χ3n) is 1.45. The molecule has 0 amide bonds. The molecule has 1 aliphatic heterocycles. The first kappa shape index (κ1) is 5.76. The van der Waals surface area contributed by atoms with E-state index in [1.165, 1.54) is 5.71 Å². The van der Waals surface area contributed by atoms with Crippen LogP contribution in [0.2, 0.25) is 0 Å². The maximum absolute atomic E-state index is 8.58. The highest BCUT2D eigenvalue weighted by molar-refractivity contribution is 5.83. The molecule has 1 heterocycles. The van der Waals surface area contributed by atoms with Crippen LogP contribution in [0.4, 0.5) is 0 Å². The van der Waals surface area contributed by atoms with E-state index in [4.69, 9.17) is 5.11 Å². The van der Waals surface area contributed by atoms with Crippen molar-refractivity contribution in [1.29, 1.82) is 0 Å². The van der Waals surface area contributed by atoms with E-state index < -0.39 is 0 Å². The van der Waals surface area contributed by atoms with E-state index in [-0.39, 0.29) is 12.6 Å². The molecule has 8 heavy (non-hydrogen) atoms. The molecule has 2 heteroatoms. The Morgan fingerprint density at radius 1 is 1.88 bits per heavy atom. The summed E-state index contributed by atoms with van der Waals surface area (Å²) < 4.78 is 0. The average molecular weight is 113 g/mol. The summed E-state index contributed by atoms with van der Waals surface area (Å²) in [5.74, 6) is 0. The first-order chi connectivity index (χ1) is 3.83. The lowest BCUT2D eigenvalue weighted by Crippen LogP contribution is -2.03. The van der Waals surface area contributed by atoms with Crippen LogP contribution >= 0.6 is 0 Å². The highest BCUT2D eigenvalue weighted by Gasteiger charge is 2.11. The van der Waals surface area contributed by atoms with Crippen molar-refractivity contribution < 1.29 is 5.11 Å². The van der Waals surface area contributed by atoms with Crippen molar-refractivity contribution in [3.63, 3.8) is 0 Å². The first-order valence-electron chi connectivity index (χ1n) is 2.97. The van der Waals surface area contributed by atoms with Crippen molar-refractivity contribution in [2.45, 2.75) is 25.8 Å². The van der Waals surface area contributed by atoms with Gasteiger partial charge in [0, 0.05) is 5.71 Å². The fourth-order valence-electron chi connectivity index (χ4n) is 0.948. The second-order valence-electron chi connectivity index (χ2n) is 2.24. The van der Waals surface area contributed by atoms with Crippen LogP contribution in [-0.2, 0) is 0 Å². The van der Waals surface area contributed by atoms with Crippen molar-refractivity contribution in [2.75, 3.05) is 6.61 Å². The molecule has 2 nitrogen and oxygen atoms in total. The van der Waals surface area contributed by atoms with Gasteiger partial charge in [-0.1, -0.05) is 0 Å². The lowest BCUT2D eigenvalue weighted by molar-refractivity contribution is 0.267. The van der Waals surface area contributed by atoms with Crippen LogP contribution < -0.4 is 0 Å². The molecule has 1 atom stereocenters. The fraction of sp³-hybridized carbons (Fsp3) is 0.833. The SMILES string of the molecule is CC1=N[C@H](CO)CC1. The Hall–Kier alpha value is -0.370. The zero-order chi connectivity index (χ0) is 5.98. The van der Waals surface area contributed by atoms with E-state index in [9.17, 15) is 0 Å². The summed E-state index contributed by atoms with van der Waals surface area (Å²) in [6.07, 6.45) is 2.12. The highest BCUT2D eigenvalue weighted by atomic mass is 16.3. The number of aliphatic hydroxyl groups excluding tert-OH is 1. The molecular formula is C6H11NO. The van der Waals surface area contributed by atoms with Gasteiger partial charge in [0.25, 0.3) is 0 Å². The van der Waals surface area contributed by atoms with E-state index in [1.54, 1.807) is 0 Å². The zero-order valence-electron chi connectivity index (χ0n) is 5.09. The van der Waals surface area contributed by atoms with Crippen molar-refractivity contribution in [3.8, 4) is 0 Å². The van der Waals surface area contributed by atoms with Crippen LogP contribution in [0.1, 0.15) is 19.8 Å². The molecule has 46 valence electrons. The summed E-state index contributed by atoms with van der Waals surface area (Å²) in [6.45, 7) is 2.23. The standard InChI is InChI=1S/C6H11NO/c1-5-2-3-6(4-8)7-5/h6,8H,2-4H2,1H3/t6-/m0/s1. The number of nitrogens with zero attached hydrogens (tertiary/aromatic N) is 1. The Balaban J connectivity index is 2.41. The van der Waals surface area contributed by atoms with E-state index in [0.717, 1.165) is 12.8 Å². The summed E-state index contributed by atoms with van der Waals surface area (Å²) in [5.41, 5.74) is 1.18. The van der Waals surface area contributed by atoms with E-state index in [0.29, 0.717) is 0 Å². The molecule has 0 aliphatic carbocycles. The Morgan fingerprint density at radius 2 is 2.62 bits per heavy atom. The highest BCUT2D eigenvalue weighted by Crippen LogP contribution is 2.11. The molecule has 0 aromatic heterocycles. The maximum Gasteiger partial charge on any atom is 0.0733 e. The molecule has 0 aromatic carbocycles. The van der Waals surface area contributed by atoms with Crippen LogP contribution in [0.3, 0.4) is 0 Å². The van der Waals surface area contributed by atoms with Gasteiger partial charge in [-0.15, -0.1) is 0 Å². The van der Waals surface area contributed by atoms with Gasteiger partial charge < -0.3 is 5.11 Å². The van der Waals surface area contributed by atoms with Gasteiger partial charge in [-0.3, -0.25) is 4.99 Å². The van der Waals surface area contributed by atoms with Crippen molar-refractivity contribution in [3.05, 3.63) is 0 Å². The summed E-state index contributed by atoms with van der Waals surface area (Å²) in [4.78, 5) is 4.17. The minimum atomic E-state index is 0.218. The molecule has 0 aromatic rings. The maximum atomic E-state index is 8.58. The predicted molar refractivity (Wildman–Crippen MR) is 33.2 cm³/mol. The van der Waals surface area contributed by atoms with Gasteiger partial charge in [0.1, 0.15) is 0 Å². The molecule has 0 spiro atoms. The lowest BCUT2D eigenvalue weighted by Gasteiger charge is -1.96. The largest absolute Gasteiger partial charge is 0.394 e. The van der Waals surface area contributed by atoms with Gasteiger partial charge in [-0.25, -0.2) is 0 Å². The van der Waals surface area contributed by atoms with Crippen LogP contribution in [0.15, 0.2) is 4.99 Å². The summed E-state index contributed by atoms with van der Waals surface area (Å²) in [7, 11) is 0. The Labute approximate surface area is 49.2 Å². The van der Waals surface area contributed by atoms with Gasteiger partial charge in [0.05, 0.1) is 12.6 Å². The number of hydrogen-bond acceptors (Lipinski definition) is 2. The van der Waals surface area contributed by atoms with Crippen LogP contribution in [0.25, 0.3) is 0 Å². The Bertz CT molecular complexity index is 109. The second kappa shape index (κ2) is 2.27. The number of aliphatic imine (C=N–C) groups is 1. The summed E-state index contributed by atoms with van der Waals surface area (Å²) >= 11 is 0. The van der Waals surface area contributed by atoms with Crippen molar-refractivity contribution in [1.82, 2.24) is 0 Å². The van der Waals surface area contributed by atoms with Crippen LogP contribution in [0.5, 0.6) is 0 Å². The minimum absolute atomic E-state index is 0.218. The molecule has 0 fully saturated rings. The van der Waals surface area contributed by atoms with Gasteiger partial charge in [-0.2, -0.15) is 0 Å². The molecule has 1 aliphatic rings. The third-order valence-corrected chi connectivity index (χ3v) is 1.45. The van der Waals surface area contributed by atoms with Crippen LogP contribution in [0, 0.1) is 0 Å². The molecular weight excluding hydrogens is 102 g/mol. The summed E-state index contributed by atoms with van der Waals surface area (Å²) in [5, 5.41) is 8.58. The first-order valence-corrected chi connectivity index (χ1v) is 2.97. The van der Waals surface area contributed by atoms with E-state index >= 15 is 0 Å². The van der Waals surface area contributed by atoms with Gasteiger partial charge in [0.15, 0.2) is 0 Å². The van der Waals surface area contributed by atoms with Gasteiger partial charge >= 0.3 is 0 Å². The molecule has 1 N–H and O–H groups in total. The quantitative estimate of drug-likeness (QED) is 0.530.